The Bertz CT molecular complexity index is 338. The molecule has 1 nitrogen and oxygen atoms in total. The maximum atomic E-state index is 12.8. The van der Waals surface area contributed by atoms with Crippen LogP contribution in [0.4, 0.5) is 4.39 Å². The van der Waals surface area contributed by atoms with Crippen molar-refractivity contribution in [2.45, 2.75) is 5.21 Å². The first-order valence-corrected chi connectivity index (χ1v) is 4.84. The van der Waals surface area contributed by atoms with Gasteiger partial charge in [0.05, 0.1) is 0 Å². The zero-order valence-corrected chi connectivity index (χ0v) is 8.59. The summed E-state index contributed by atoms with van der Waals surface area (Å²) >= 11 is 2.41. The monoisotopic (exact) mass is 224 g/mol. The van der Waals surface area contributed by atoms with Crippen molar-refractivity contribution in [1.29, 1.82) is 0 Å². The van der Waals surface area contributed by atoms with Crippen molar-refractivity contribution < 1.29 is 4.39 Å². The van der Waals surface area contributed by atoms with E-state index in [2.05, 4.69) is 27.8 Å². The summed E-state index contributed by atoms with van der Waals surface area (Å²) in [6.45, 7) is 0. The van der Waals surface area contributed by atoms with Crippen LogP contribution in [0.1, 0.15) is 11.1 Å². The van der Waals surface area contributed by atoms with E-state index in [0.717, 1.165) is 10.8 Å². The molecule has 2 radical (unpaired) electrons. The molecule has 0 fully saturated rings. The van der Waals surface area contributed by atoms with Crippen LogP contribution < -0.4 is 0 Å². The van der Waals surface area contributed by atoms with Gasteiger partial charge in [-0.15, -0.1) is 0 Å². The van der Waals surface area contributed by atoms with Gasteiger partial charge in [-0.2, -0.15) is 0 Å². The summed E-state index contributed by atoms with van der Waals surface area (Å²) in [5.74, 6) is -0.232. The fraction of sp³-hybridized carbons (Fsp3) is 0.222. The molecule has 60 valence electrons. The number of benzene rings is 1. The van der Waals surface area contributed by atoms with Gasteiger partial charge in [0.25, 0.3) is 0 Å². The molecule has 0 bridgehead atoms. The third-order valence-corrected chi connectivity index (χ3v) is 2.15. The van der Waals surface area contributed by atoms with Gasteiger partial charge in [0.15, 0.2) is 0 Å². The molecule has 1 aromatic rings. The second kappa shape index (κ2) is 4.28. The molecule has 12 heavy (non-hydrogen) atoms. The molecule has 0 amide bonds. The van der Waals surface area contributed by atoms with E-state index in [1.54, 1.807) is 7.05 Å². The number of nitrogens with zero attached hydrogens (tertiary/aromatic N) is 1. The summed E-state index contributed by atoms with van der Waals surface area (Å²) in [7, 11) is 1.62. The van der Waals surface area contributed by atoms with Crippen LogP contribution in [-0.4, -0.2) is 23.9 Å². The predicted octanol–water partition coefficient (Wildman–Crippen LogP) is 1.80. The summed E-state index contributed by atoms with van der Waals surface area (Å²) in [6, 6.07) is 7.50. The molecule has 1 aromatic carbocycles. The van der Waals surface area contributed by atoms with E-state index in [9.17, 15) is 4.39 Å². The number of hydrogen-bond donors (Lipinski definition) is 0. The molecular weight excluding hydrogens is 216 g/mol. The minimum atomic E-state index is -0.232. The molecule has 3 heteroatoms. The minimum absolute atomic E-state index is 0.232. The number of rotatable bonds is 1. The summed E-state index contributed by atoms with van der Waals surface area (Å²) < 4.78 is 12.8. The van der Waals surface area contributed by atoms with Crippen LogP contribution in [-0.2, 0) is 5.21 Å². The van der Waals surface area contributed by atoms with Crippen molar-refractivity contribution in [2.24, 2.45) is 0 Å². The van der Waals surface area contributed by atoms with Crippen molar-refractivity contribution >= 4 is 16.9 Å². The summed E-state index contributed by atoms with van der Waals surface area (Å²) in [6.07, 6.45) is 0. The van der Waals surface area contributed by atoms with Crippen molar-refractivity contribution in [3.63, 3.8) is 0 Å². The van der Waals surface area contributed by atoms with E-state index in [0.29, 0.717) is 5.56 Å². The molecular formula is C9H8AsFN+. The summed E-state index contributed by atoms with van der Waals surface area (Å²) in [5, 5.41) is 0.767. The van der Waals surface area contributed by atoms with Crippen LogP contribution in [0.5, 0.6) is 0 Å². The van der Waals surface area contributed by atoms with Crippen molar-refractivity contribution in [3.8, 4) is 6.07 Å². The van der Waals surface area contributed by atoms with E-state index >= 15 is 0 Å². The Labute approximate surface area is 79.9 Å². The fourth-order valence-electron chi connectivity index (χ4n) is 0.935. The van der Waals surface area contributed by atoms with E-state index in [4.69, 9.17) is 0 Å². The molecule has 0 N–H and O–H groups in total. The first-order valence-electron chi connectivity index (χ1n) is 3.51. The Morgan fingerprint density at radius 1 is 1.50 bits per heavy atom. The predicted molar refractivity (Wildman–Crippen MR) is 48.1 cm³/mol. The molecule has 0 spiro atoms. The molecule has 0 unspecified atom stereocenters. The van der Waals surface area contributed by atoms with Gasteiger partial charge in [0, 0.05) is 0 Å². The Hall–Kier alpha value is -0.802. The summed E-state index contributed by atoms with van der Waals surface area (Å²) in [5.41, 5.74) is 1.64. The van der Waals surface area contributed by atoms with E-state index in [1.165, 1.54) is 12.1 Å². The normalized spacial score (nSPS) is 8.92. The SMILES string of the molecule is C[N+]#Cc1cc(F)cc(C[As])c1. The molecule has 0 aliphatic heterocycles. The van der Waals surface area contributed by atoms with Crippen LogP contribution in [0.15, 0.2) is 18.2 Å². The maximum absolute atomic E-state index is 12.8. The molecule has 0 saturated carbocycles. The van der Waals surface area contributed by atoms with Gasteiger partial charge in [-0.25, -0.2) is 0 Å². The Morgan fingerprint density at radius 2 is 2.25 bits per heavy atom. The van der Waals surface area contributed by atoms with Gasteiger partial charge < -0.3 is 0 Å². The van der Waals surface area contributed by atoms with E-state index < -0.39 is 0 Å². The van der Waals surface area contributed by atoms with Crippen molar-refractivity contribution in [1.82, 2.24) is 0 Å². The molecule has 0 atom stereocenters. The van der Waals surface area contributed by atoms with Crippen LogP contribution in [0.2, 0.25) is 0 Å². The average molecular weight is 224 g/mol. The van der Waals surface area contributed by atoms with E-state index in [1.807, 2.05) is 6.07 Å². The zero-order chi connectivity index (χ0) is 8.97. The Kier molecular flexibility index (Phi) is 3.31. The van der Waals surface area contributed by atoms with Crippen molar-refractivity contribution in [2.75, 3.05) is 7.05 Å². The van der Waals surface area contributed by atoms with Crippen LogP contribution >= 0.6 is 0 Å². The van der Waals surface area contributed by atoms with Crippen LogP contribution in [0.25, 0.3) is 4.85 Å². The molecule has 1 rings (SSSR count). The number of halogens is 1. The van der Waals surface area contributed by atoms with Gasteiger partial charge in [-0.05, 0) is 0 Å². The van der Waals surface area contributed by atoms with Crippen molar-refractivity contribution in [3.05, 3.63) is 40.0 Å². The fourth-order valence-corrected chi connectivity index (χ4v) is 1.32. The molecule has 0 aromatic heterocycles. The standard InChI is InChI=1S/C9H8AsFN/c1-12-6-8-2-7(5-10)3-9(11)4-8/h2-4H,5H2,1H3/q+1. The Balaban J connectivity index is 3.12. The average Bonchev–Trinajstić information content (AvgIpc) is 2.04. The first kappa shape index (κ1) is 9.29. The quantitative estimate of drug-likeness (QED) is 0.641. The van der Waals surface area contributed by atoms with Gasteiger partial charge >= 0.3 is 79.6 Å². The van der Waals surface area contributed by atoms with Gasteiger partial charge in [-0.1, -0.05) is 0 Å². The molecule has 0 aliphatic rings. The van der Waals surface area contributed by atoms with Gasteiger partial charge in [0.1, 0.15) is 0 Å². The third-order valence-electron chi connectivity index (χ3n) is 1.38. The molecule has 0 heterocycles. The first-order chi connectivity index (χ1) is 5.76. The Morgan fingerprint density at radius 3 is 2.83 bits per heavy atom. The van der Waals surface area contributed by atoms with Crippen LogP contribution in [0.3, 0.4) is 0 Å². The summed E-state index contributed by atoms with van der Waals surface area (Å²) in [4.78, 5) is 3.70. The van der Waals surface area contributed by atoms with Gasteiger partial charge in [-0.3, -0.25) is 0 Å². The second-order valence-corrected chi connectivity index (χ2v) is 3.01. The molecule has 0 saturated heterocycles. The number of hydrogen-bond acceptors (Lipinski definition) is 0. The topological polar surface area (TPSA) is 4.36 Å². The second-order valence-electron chi connectivity index (χ2n) is 2.34. The molecule has 0 aliphatic carbocycles. The van der Waals surface area contributed by atoms with E-state index in [-0.39, 0.29) is 5.82 Å². The third kappa shape index (κ3) is 2.36. The zero-order valence-electron chi connectivity index (χ0n) is 6.71. The van der Waals surface area contributed by atoms with Crippen LogP contribution in [0, 0.1) is 11.9 Å². The van der Waals surface area contributed by atoms with Gasteiger partial charge in [0.2, 0.25) is 0 Å².